The molecule has 3 rings (SSSR count). The highest BCUT2D eigenvalue weighted by Crippen LogP contribution is 2.29. The van der Waals surface area contributed by atoms with E-state index in [1.807, 2.05) is 30.3 Å². The molecule has 0 aliphatic carbocycles. The second-order valence-electron chi connectivity index (χ2n) is 5.43. The number of hydrazone groups is 1. The largest absolute Gasteiger partial charge is 0.455 e. The lowest BCUT2D eigenvalue weighted by Crippen LogP contribution is -2.19. The third-order valence-electron chi connectivity index (χ3n) is 3.49. The number of nitrogens with one attached hydrogen (secondary N) is 1. The first-order valence-electron chi connectivity index (χ1n) is 7.63. The Morgan fingerprint density at radius 1 is 1.08 bits per heavy atom. The van der Waals surface area contributed by atoms with E-state index in [2.05, 4.69) is 26.5 Å². The molecule has 26 heavy (non-hydrogen) atoms. The van der Waals surface area contributed by atoms with Crippen molar-refractivity contribution < 1.29 is 9.21 Å². The fourth-order valence-corrected chi connectivity index (χ4v) is 2.78. The molecule has 0 bridgehead atoms. The maximum Gasteiger partial charge on any atom is 0.244 e. The summed E-state index contributed by atoms with van der Waals surface area (Å²) < 4.78 is 6.64. The monoisotopic (exact) mass is 450 g/mol. The molecule has 1 aromatic heterocycles. The van der Waals surface area contributed by atoms with Gasteiger partial charge in [-0.15, -0.1) is 0 Å². The van der Waals surface area contributed by atoms with Gasteiger partial charge in [0, 0.05) is 10.0 Å². The van der Waals surface area contributed by atoms with Crippen molar-refractivity contribution in [3.8, 4) is 11.3 Å². The molecule has 0 aliphatic rings. The van der Waals surface area contributed by atoms with E-state index in [0.29, 0.717) is 21.6 Å². The number of amides is 1. The smallest absolute Gasteiger partial charge is 0.244 e. The van der Waals surface area contributed by atoms with E-state index < -0.39 is 0 Å². The molecular weight excluding hydrogens is 439 g/mol. The SMILES string of the molecule is O=C(Cc1ccc(Br)cc1)N/N=C/c1ccc(-c2ccc(Cl)c(Cl)c2)o1. The molecule has 7 heteroatoms. The van der Waals surface area contributed by atoms with Crippen molar-refractivity contribution in [2.75, 3.05) is 0 Å². The van der Waals surface area contributed by atoms with Crippen LogP contribution in [0.4, 0.5) is 0 Å². The van der Waals surface area contributed by atoms with E-state index in [1.165, 1.54) is 6.21 Å². The molecule has 0 atom stereocenters. The molecule has 0 aliphatic heterocycles. The minimum atomic E-state index is -0.208. The molecule has 3 aromatic rings. The molecule has 0 spiro atoms. The average Bonchev–Trinajstić information content (AvgIpc) is 3.08. The normalized spacial score (nSPS) is 11.0. The molecule has 2 aromatic carbocycles. The second-order valence-corrected chi connectivity index (χ2v) is 7.16. The molecule has 132 valence electrons. The molecule has 1 amide bonds. The van der Waals surface area contributed by atoms with E-state index in [0.717, 1.165) is 15.6 Å². The second kappa shape index (κ2) is 8.54. The molecule has 1 N–H and O–H groups in total. The minimum absolute atomic E-state index is 0.208. The highest BCUT2D eigenvalue weighted by Gasteiger charge is 2.07. The number of carbonyl (C=O) groups excluding carboxylic acids is 1. The van der Waals surface area contributed by atoms with Crippen molar-refractivity contribution in [1.82, 2.24) is 5.43 Å². The van der Waals surface area contributed by atoms with E-state index in [4.69, 9.17) is 27.6 Å². The van der Waals surface area contributed by atoms with Gasteiger partial charge >= 0.3 is 0 Å². The first kappa shape index (κ1) is 18.7. The predicted octanol–water partition coefficient (Wildman–Crippen LogP) is 5.71. The lowest BCUT2D eigenvalue weighted by molar-refractivity contribution is -0.120. The first-order chi connectivity index (χ1) is 12.5. The summed E-state index contributed by atoms with van der Waals surface area (Å²) in [5.74, 6) is 0.932. The van der Waals surface area contributed by atoms with E-state index in [1.54, 1.807) is 24.3 Å². The van der Waals surface area contributed by atoms with Gasteiger partial charge in [-0.05, 0) is 48.0 Å². The molecule has 0 fully saturated rings. The van der Waals surface area contributed by atoms with Gasteiger partial charge < -0.3 is 4.42 Å². The van der Waals surface area contributed by atoms with E-state index in [9.17, 15) is 4.79 Å². The number of hydrogen-bond donors (Lipinski definition) is 1. The molecule has 0 saturated carbocycles. The van der Waals surface area contributed by atoms with Crippen LogP contribution < -0.4 is 5.43 Å². The summed E-state index contributed by atoms with van der Waals surface area (Å²) in [6.45, 7) is 0. The maximum atomic E-state index is 11.9. The van der Waals surface area contributed by atoms with Gasteiger partial charge in [0.1, 0.15) is 11.5 Å². The molecular formula is C19H13BrCl2N2O2. The summed E-state index contributed by atoms with van der Waals surface area (Å²) in [6.07, 6.45) is 1.69. The van der Waals surface area contributed by atoms with Crippen LogP contribution in [-0.2, 0) is 11.2 Å². The van der Waals surface area contributed by atoms with Crippen molar-refractivity contribution in [2.45, 2.75) is 6.42 Å². The van der Waals surface area contributed by atoms with Gasteiger partial charge in [0.15, 0.2) is 0 Å². The Labute approximate surface area is 168 Å². The van der Waals surface area contributed by atoms with Crippen LogP contribution in [0.3, 0.4) is 0 Å². The molecule has 0 unspecified atom stereocenters. The highest BCUT2D eigenvalue weighted by atomic mass is 79.9. The van der Waals surface area contributed by atoms with Gasteiger partial charge in [-0.25, -0.2) is 5.43 Å². The Kier molecular flexibility index (Phi) is 6.14. The van der Waals surface area contributed by atoms with Crippen molar-refractivity contribution >= 4 is 51.3 Å². The molecule has 0 saturated heterocycles. The molecule has 1 heterocycles. The molecule has 4 nitrogen and oxygen atoms in total. The number of nitrogens with zero attached hydrogens (tertiary/aromatic N) is 1. The zero-order valence-corrected chi connectivity index (χ0v) is 16.5. The lowest BCUT2D eigenvalue weighted by atomic mass is 10.1. The quantitative estimate of drug-likeness (QED) is 0.399. The number of benzene rings is 2. The Hall–Kier alpha value is -2.08. The summed E-state index contributed by atoms with van der Waals surface area (Å²) in [5.41, 5.74) is 4.19. The first-order valence-corrected chi connectivity index (χ1v) is 9.18. The minimum Gasteiger partial charge on any atom is -0.455 e. The Bertz CT molecular complexity index is 952. The fourth-order valence-electron chi connectivity index (χ4n) is 2.22. The van der Waals surface area contributed by atoms with Crippen LogP contribution in [0.25, 0.3) is 11.3 Å². The van der Waals surface area contributed by atoms with Crippen LogP contribution in [0.1, 0.15) is 11.3 Å². The van der Waals surface area contributed by atoms with Crippen LogP contribution in [-0.4, -0.2) is 12.1 Å². The average molecular weight is 452 g/mol. The number of carbonyl (C=O) groups is 1. The number of furan rings is 1. The fraction of sp³-hybridized carbons (Fsp3) is 0.0526. The van der Waals surface area contributed by atoms with Gasteiger partial charge in [-0.3, -0.25) is 4.79 Å². The van der Waals surface area contributed by atoms with Crippen LogP contribution >= 0.6 is 39.1 Å². The van der Waals surface area contributed by atoms with Crippen molar-refractivity contribution in [3.05, 3.63) is 80.4 Å². The molecule has 0 radical (unpaired) electrons. The summed E-state index contributed by atoms with van der Waals surface area (Å²) >= 11 is 15.3. The summed E-state index contributed by atoms with van der Waals surface area (Å²) in [7, 11) is 0. The topological polar surface area (TPSA) is 54.6 Å². The van der Waals surface area contributed by atoms with Gasteiger partial charge in [-0.1, -0.05) is 51.3 Å². The predicted molar refractivity (Wildman–Crippen MR) is 108 cm³/mol. The standard InChI is InChI=1S/C19H13BrCl2N2O2/c20-14-4-1-12(2-5-14)9-19(25)24-23-11-15-6-8-18(26-15)13-3-7-16(21)17(22)10-13/h1-8,10-11H,9H2,(H,24,25)/b23-11+. The van der Waals surface area contributed by atoms with Crippen molar-refractivity contribution in [1.29, 1.82) is 0 Å². The maximum absolute atomic E-state index is 11.9. The third-order valence-corrected chi connectivity index (χ3v) is 4.76. The van der Waals surface area contributed by atoms with Crippen molar-refractivity contribution in [3.63, 3.8) is 0 Å². The zero-order valence-electron chi connectivity index (χ0n) is 13.4. The zero-order chi connectivity index (χ0) is 18.5. The van der Waals surface area contributed by atoms with Gasteiger partial charge in [0.25, 0.3) is 0 Å². The number of hydrogen-bond acceptors (Lipinski definition) is 3. The van der Waals surface area contributed by atoms with Crippen LogP contribution in [0.2, 0.25) is 10.0 Å². The lowest BCUT2D eigenvalue weighted by Gasteiger charge is -2.00. The number of rotatable bonds is 5. The van der Waals surface area contributed by atoms with Crippen LogP contribution in [0.5, 0.6) is 0 Å². The highest BCUT2D eigenvalue weighted by molar-refractivity contribution is 9.10. The summed E-state index contributed by atoms with van der Waals surface area (Å²) in [4.78, 5) is 11.9. The van der Waals surface area contributed by atoms with Gasteiger partial charge in [0.2, 0.25) is 5.91 Å². The van der Waals surface area contributed by atoms with E-state index in [-0.39, 0.29) is 12.3 Å². The van der Waals surface area contributed by atoms with Crippen molar-refractivity contribution in [2.24, 2.45) is 5.10 Å². The Balaban J connectivity index is 1.59. The van der Waals surface area contributed by atoms with Gasteiger partial charge in [0.05, 0.1) is 22.7 Å². The third kappa shape index (κ3) is 4.97. The Morgan fingerprint density at radius 3 is 2.58 bits per heavy atom. The van der Waals surface area contributed by atoms with Crippen LogP contribution in [0.15, 0.2) is 68.6 Å². The number of halogens is 3. The van der Waals surface area contributed by atoms with E-state index >= 15 is 0 Å². The van der Waals surface area contributed by atoms with Crippen LogP contribution in [0, 0.1) is 0 Å². The summed E-state index contributed by atoms with van der Waals surface area (Å²) in [5, 5.41) is 4.86. The Morgan fingerprint density at radius 2 is 1.85 bits per heavy atom. The summed E-state index contributed by atoms with van der Waals surface area (Å²) in [6, 6.07) is 16.3. The van der Waals surface area contributed by atoms with Gasteiger partial charge in [-0.2, -0.15) is 5.10 Å².